The van der Waals surface area contributed by atoms with Crippen molar-refractivity contribution >= 4 is 29.2 Å². The standard InChI is InChI=1S/C14H18N4O.ClH/c19-14(17-8-3-6-15-7-9-17)11-18-13-5-2-1-4-12(13)10-16-18;/h1-2,4-5,10,15H,3,6-9,11H2;1H. The van der Waals surface area contributed by atoms with Crippen molar-refractivity contribution in [3.8, 4) is 0 Å². The number of hydrogen-bond donors (Lipinski definition) is 1. The molecule has 2 heterocycles. The molecule has 6 heteroatoms. The van der Waals surface area contributed by atoms with E-state index in [9.17, 15) is 4.79 Å². The van der Waals surface area contributed by atoms with E-state index in [0.717, 1.165) is 43.5 Å². The van der Waals surface area contributed by atoms with E-state index in [1.165, 1.54) is 0 Å². The Kier molecular flexibility index (Phi) is 4.98. The molecule has 5 nitrogen and oxygen atoms in total. The Balaban J connectivity index is 0.00000147. The van der Waals surface area contributed by atoms with Gasteiger partial charge in [-0.1, -0.05) is 18.2 Å². The van der Waals surface area contributed by atoms with E-state index in [2.05, 4.69) is 10.4 Å². The van der Waals surface area contributed by atoms with Crippen LogP contribution in [0.2, 0.25) is 0 Å². The van der Waals surface area contributed by atoms with Gasteiger partial charge in [0.05, 0.1) is 11.7 Å². The van der Waals surface area contributed by atoms with Gasteiger partial charge in [0.15, 0.2) is 0 Å². The summed E-state index contributed by atoms with van der Waals surface area (Å²) in [5, 5.41) is 8.69. The number of para-hydroxylation sites is 1. The van der Waals surface area contributed by atoms with Gasteiger partial charge in [0.2, 0.25) is 5.91 Å². The molecule has 1 aliphatic heterocycles. The zero-order valence-electron chi connectivity index (χ0n) is 11.3. The first-order valence-electron chi connectivity index (χ1n) is 6.73. The second-order valence-corrected chi connectivity index (χ2v) is 4.85. The number of aromatic nitrogens is 2. The zero-order chi connectivity index (χ0) is 13.1. The highest BCUT2D eigenvalue weighted by Crippen LogP contribution is 2.12. The van der Waals surface area contributed by atoms with Gasteiger partial charge in [-0.25, -0.2) is 0 Å². The first-order chi connectivity index (χ1) is 9.34. The Morgan fingerprint density at radius 1 is 1.25 bits per heavy atom. The van der Waals surface area contributed by atoms with Gasteiger partial charge < -0.3 is 10.2 Å². The van der Waals surface area contributed by atoms with Crippen LogP contribution in [0, 0.1) is 0 Å². The van der Waals surface area contributed by atoms with Crippen LogP contribution in [0.3, 0.4) is 0 Å². The summed E-state index contributed by atoms with van der Waals surface area (Å²) in [4.78, 5) is 14.2. The number of nitrogens with one attached hydrogen (secondary N) is 1. The summed E-state index contributed by atoms with van der Waals surface area (Å²) in [6.45, 7) is 3.83. The van der Waals surface area contributed by atoms with E-state index in [1.54, 1.807) is 4.68 Å². The fraction of sp³-hybridized carbons (Fsp3) is 0.429. The Bertz CT molecular complexity index is 575. The lowest BCUT2D eigenvalue weighted by atomic mass is 10.2. The number of carbonyl (C=O) groups is 1. The van der Waals surface area contributed by atoms with Crippen LogP contribution in [0.25, 0.3) is 10.9 Å². The second-order valence-electron chi connectivity index (χ2n) is 4.85. The van der Waals surface area contributed by atoms with Crippen LogP contribution in [-0.4, -0.2) is 46.8 Å². The molecular weight excluding hydrogens is 276 g/mol. The van der Waals surface area contributed by atoms with Crippen molar-refractivity contribution in [2.75, 3.05) is 26.2 Å². The predicted molar refractivity (Wildman–Crippen MR) is 81.0 cm³/mol. The van der Waals surface area contributed by atoms with Crippen molar-refractivity contribution in [2.45, 2.75) is 13.0 Å². The molecule has 2 aromatic rings. The van der Waals surface area contributed by atoms with Crippen molar-refractivity contribution in [3.63, 3.8) is 0 Å². The Labute approximate surface area is 124 Å². The minimum Gasteiger partial charge on any atom is -0.340 e. The molecule has 1 aromatic carbocycles. The van der Waals surface area contributed by atoms with Crippen LogP contribution in [0.15, 0.2) is 30.5 Å². The van der Waals surface area contributed by atoms with E-state index in [0.29, 0.717) is 6.54 Å². The molecule has 1 amide bonds. The van der Waals surface area contributed by atoms with Gasteiger partial charge in [-0.2, -0.15) is 5.10 Å². The molecule has 0 aliphatic carbocycles. The van der Waals surface area contributed by atoms with Gasteiger partial charge in [-0.3, -0.25) is 9.48 Å². The second kappa shape index (κ2) is 6.72. The zero-order valence-corrected chi connectivity index (χ0v) is 12.1. The molecule has 1 N–H and O–H groups in total. The quantitative estimate of drug-likeness (QED) is 0.908. The fourth-order valence-electron chi connectivity index (χ4n) is 2.48. The van der Waals surface area contributed by atoms with E-state index < -0.39 is 0 Å². The monoisotopic (exact) mass is 294 g/mol. The summed E-state index contributed by atoms with van der Waals surface area (Å²) in [6, 6.07) is 7.97. The minimum atomic E-state index is 0. The number of carbonyl (C=O) groups excluding carboxylic acids is 1. The maximum Gasteiger partial charge on any atom is 0.244 e. The van der Waals surface area contributed by atoms with Crippen LogP contribution in [0.5, 0.6) is 0 Å². The first-order valence-corrected chi connectivity index (χ1v) is 6.73. The fourth-order valence-corrected chi connectivity index (χ4v) is 2.48. The molecule has 20 heavy (non-hydrogen) atoms. The van der Waals surface area contributed by atoms with Crippen LogP contribution in [0.4, 0.5) is 0 Å². The molecule has 0 radical (unpaired) electrons. The van der Waals surface area contributed by atoms with Crippen molar-refractivity contribution in [1.82, 2.24) is 20.0 Å². The maximum absolute atomic E-state index is 12.3. The molecule has 0 atom stereocenters. The molecule has 0 saturated carbocycles. The third kappa shape index (κ3) is 3.11. The van der Waals surface area contributed by atoms with E-state index in [-0.39, 0.29) is 18.3 Å². The Hall–Kier alpha value is -1.59. The van der Waals surface area contributed by atoms with E-state index in [1.807, 2.05) is 35.4 Å². The summed E-state index contributed by atoms with van der Waals surface area (Å²) < 4.78 is 1.79. The van der Waals surface area contributed by atoms with Gasteiger partial charge in [0.1, 0.15) is 6.54 Å². The lowest BCUT2D eigenvalue weighted by molar-refractivity contribution is -0.131. The molecule has 0 unspecified atom stereocenters. The topological polar surface area (TPSA) is 50.2 Å². The van der Waals surface area contributed by atoms with Crippen LogP contribution in [-0.2, 0) is 11.3 Å². The summed E-state index contributed by atoms with van der Waals surface area (Å²) in [5.74, 6) is 0.151. The molecule has 0 spiro atoms. The van der Waals surface area contributed by atoms with Gasteiger partial charge in [-0.05, 0) is 19.0 Å². The Morgan fingerprint density at radius 3 is 3.00 bits per heavy atom. The summed E-state index contributed by atoms with van der Waals surface area (Å²) in [6.07, 6.45) is 2.83. The van der Waals surface area contributed by atoms with Crippen LogP contribution in [0.1, 0.15) is 6.42 Å². The largest absolute Gasteiger partial charge is 0.340 e. The minimum absolute atomic E-state index is 0. The number of rotatable bonds is 2. The summed E-state index contributed by atoms with van der Waals surface area (Å²) >= 11 is 0. The van der Waals surface area contributed by atoms with E-state index in [4.69, 9.17) is 0 Å². The number of halogens is 1. The van der Waals surface area contributed by atoms with Gasteiger partial charge in [0, 0.05) is 25.0 Å². The molecule has 0 bridgehead atoms. The van der Waals surface area contributed by atoms with E-state index >= 15 is 0 Å². The van der Waals surface area contributed by atoms with Crippen LogP contribution < -0.4 is 5.32 Å². The third-order valence-electron chi connectivity index (χ3n) is 3.53. The normalized spacial score (nSPS) is 15.7. The van der Waals surface area contributed by atoms with Crippen molar-refractivity contribution < 1.29 is 4.79 Å². The summed E-state index contributed by atoms with van der Waals surface area (Å²) in [5.41, 5.74) is 1.02. The molecule has 3 rings (SSSR count). The van der Waals surface area contributed by atoms with Crippen LogP contribution >= 0.6 is 12.4 Å². The smallest absolute Gasteiger partial charge is 0.244 e. The van der Waals surface area contributed by atoms with Gasteiger partial charge in [-0.15, -0.1) is 12.4 Å². The average Bonchev–Trinajstić information content (AvgIpc) is 2.66. The number of nitrogens with zero attached hydrogens (tertiary/aromatic N) is 3. The molecule has 1 aliphatic rings. The maximum atomic E-state index is 12.3. The van der Waals surface area contributed by atoms with Crippen molar-refractivity contribution in [2.24, 2.45) is 0 Å². The highest BCUT2D eigenvalue weighted by atomic mass is 35.5. The first kappa shape index (κ1) is 14.8. The molecule has 1 saturated heterocycles. The molecule has 1 fully saturated rings. The highest BCUT2D eigenvalue weighted by Gasteiger charge is 2.16. The molecular formula is C14H19ClN4O. The lowest BCUT2D eigenvalue weighted by Gasteiger charge is -2.20. The number of benzene rings is 1. The average molecular weight is 295 g/mol. The third-order valence-corrected chi connectivity index (χ3v) is 3.53. The van der Waals surface area contributed by atoms with Crippen molar-refractivity contribution in [1.29, 1.82) is 0 Å². The molecule has 1 aromatic heterocycles. The molecule has 108 valence electrons. The van der Waals surface area contributed by atoms with Gasteiger partial charge in [0.25, 0.3) is 0 Å². The number of amides is 1. The number of fused-ring (bicyclic) bond motifs is 1. The lowest BCUT2D eigenvalue weighted by Crippen LogP contribution is -2.36. The predicted octanol–water partition coefficient (Wildman–Crippen LogP) is 1.28. The summed E-state index contributed by atoms with van der Waals surface area (Å²) in [7, 11) is 0. The number of hydrogen-bond acceptors (Lipinski definition) is 3. The van der Waals surface area contributed by atoms with Gasteiger partial charge >= 0.3 is 0 Å². The SMILES string of the molecule is Cl.O=C(Cn1ncc2ccccc21)N1CCCNCC1. The highest BCUT2D eigenvalue weighted by molar-refractivity contribution is 5.85. The van der Waals surface area contributed by atoms with Crippen molar-refractivity contribution in [3.05, 3.63) is 30.5 Å². The Morgan fingerprint density at radius 2 is 2.10 bits per heavy atom.